The zero-order valence-corrected chi connectivity index (χ0v) is 20.4. The summed E-state index contributed by atoms with van der Waals surface area (Å²) in [6.07, 6.45) is 4.52. The molecule has 0 spiro atoms. The van der Waals surface area contributed by atoms with Crippen LogP contribution in [0.3, 0.4) is 0 Å². The van der Waals surface area contributed by atoms with E-state index in [1.807, 2.05) is 37.3 Å². The van der Waals surface area contributed by atoms with Gasteiger partial charge >= 0.3 is 0 Å². The van der Waals surface area contributed by atoms with Crippen LogP contribution in [0.25, 0.3) is 0 Å². The smallest absolute Gasteiger partial charge is 0.230 e. The Morgan fingerprint density at radius 3 is 2.53 bits per heavy atom. The van der Waals surface area contributed by atoms with Crippen molar-refractivity contribution in [2.75, 3.05) is 24.5 Å². The number of halogens is 2. The summed E-state index contributed by atoms with van der Waals surface area (Å²) in [5, 5.41) is 0. The van der Waals surface area contributed by atoms with Crippen LogP contribution >= 0.6 is 0 Å². The molecule has 1 fully saturated rings. The van der Waals surface area contributed by atoms with Crippen LogP contribution in [0.4, 0.5) is 14.7 Å². The van der Waals surface area contributed by atoms with Gasteiger partial charge in [0.2, 0.25) is 17.7 Å². The molecule has 6 nitrogen and oxygen atoms in total. The summed E-state index contributed by atoms with van der Waals surface area (Å²) in [5.74, 6) is -1.03. The van der Waals surface area contributed by atoms with Crippen LogP contribution in [0.1, 0.15) is 55.3 Å². The number of nitrogens with zero attached hydrogens (tertiary/aromatic N) is 4. The fourth-order valence-corrected chi connectivity index (χ4v) is 5.00. The van der Waals surface area contributed by atoms with Gasteiger partial charge in [-0.25, -0.2) is 13.8 Å². The normalized spacial score (nSPS) is 16.4. The van der Waals surface area contributed by atoms with Crippen LogP contribution in [0.5, 0.6) is 11.6 Å². The largest absolute Gasteiger partial charge is 0.435 e. The molecule has 5 rings (SSSR count). The van der Waals surface area contributed by atoms with E-state index >= 15 is 0 Å². The lowest BCUT2D eigenvalue weighted by atomic mass is 9.94. The summed E-state index contributed by atoms with van der Waals surface area (Å²) in [7, 11) is 0. The molecule has 0 radical (unpaired) electrons. The average molecular weight is 493 g/mol. The van der Waals surface area contributed by atoms with Gasteiger partial charge < -0.3 is 14.5 Å². The molecule has 1 saturated heterocycles. The van der Waals surface area contributed by atoms with Crippen LogP contribution in [0, 0.1) is 11.6 Å². The number of hydrogen-bond acceptors (Lipinski definition) is 5. The van der Waals surface area contributed by atoms with Crippen molar-refractivity contribution in [2.45, 2.75) is 51.5 Å². The van der Waals surface area contributed by atoms with E-state index in [0.29, 0.717) is 30.9 Å². The van der Waals surface area contributed by atoms with Gasteiger partial charge in [-0.1, -0.05) is 37.3 Å². The summed E-state index contributed by atoms with van der Waals surface area (Å²) in [5.41, 5.74) is 2.46. The topological polar surface area (TPSA) is 58.6 Å². The highest BCUT2D eigenvalue weighted by atomic mass is 19.1. The molecule has 0 aliphatic carbocycles. The average Bonchev–Trinajstić information content (AvgIpc) is 2.91. The Labute approximate surface area is 209 Å². The van der Waals surface area contributed by atoms with Crippen molar-refractivity contribution in [3.8, 4) is 11.6 Å². The first-order valence-corrected chi connectivity index (χ1v) is 12.6. The van der Waals surface area contributed by atoms with E-state index in [2.05, 4.69) is 9.88 Å². The van der Waals surface area contributed by atoms with E-state index in [0.717, 1.165) is 49.3 Å². The summed E-state index contributed by atoms with van der Waals surface area (Å²) < 4.78 is 33.9. The van der Waals surface area contributed by atoms with Crippen molar-refractivity contribution in [3.05, 3.63) is 77.0 Å². The van der Waals surface area contributed by atoms with Crippen molar-refractivity contribution in [3.63, 3.8) is 0 Å². The third-order valence-corrected chi connectivity index (χ3v) is 6.97. The molecule has 0 unspecified atom stereocenters. The molecule has 3 heterocycles. The lowest BCUT2D eigenvalue weighted by Gasteiger charge is -2.33. The Kier molecular flexibility index (Phi) is 7.11. The second-order valence-corrected chi connectivity index (χ2v) is 9.36. The number of carbonyl (C=O) groups excluding carboxylic acids is 1. The first-order valence-electron chi connectivity index (χ1n) is 12.6. The molecule has 188 valence electrons. The highest BCUT2D eigenvalue weighted by Crippen LogP contribution is 2.34. The van der Waals surface area contributed by atoms with Gasteiger partial charge in [-0.15, -0.1) is 0 Å². The van der Waals surface area contributed by atoms with Crippen molar-refractivity contribution in [2.24, 2.45) is 0 Å². The molecule has 0 bridgehead atoms. The summed E-state index contributed by atoms with van der Waals surface area (Å²) in [6.45, 7) is 4.52. The van der Waals surface area contributed by atoms with E-state index in [1.54, 1.807) is 4.90 Å². The maximum atomic E-state index is 14.5. The van der Waals surface area contributed by atoms with Gasteiger partial charge in [-0.2, -0.15) is 4.98 Å². The molecule has 1 amide bonds. The number of aromatic nitrogens is 2. The van der Waals surface area contributed by atoms with E-state index in [4.69, 9.17) is 9.72 Å². The van der Waals surface area contributed by atoms with Gasteiger partial charge in [-0.05, 0) is 43.4 Å². The summed E-state index contributed by atoms with van der Waals surface area (Å²) in [6, 6.07) is 13.0. The van der Waals surface area contributed by atoms with Crippen LogP contribution in [-0.2, 0) is 17.8 Å². The Morgan fingerprint density at radius 1 is 1.03 bits per heavy atom. The zero-order valence-electron chi connectivity index (χ0n) is 20.4. The highest BCUT2D eigenvalue weighted by molar-refractivity contribution is 5.84. The lowest BCUT2D eigenvalue weighted by molar-refractivity contribution is -0.133. The minimum absolute atomic E-state index is 0.0355. The van der Waals surface area contributed by atoms with Gasteiger partial charge in [0.05, 0.1) is 23.7 Å². The fraction of sp³-hybridized carbons (Fsp3) is 0.393. The van der Waals surface area contributed by atoms with Gasteiger partial charge in [-0.3, -0.25) is 4.79 Å². The number of amides is 1. The molecule has 0 saturated carbocycles. The zero-order chi connectivity index (χ0) is 25.1. The molecule has 2 aliphatic rings. The molecule has 0 N–H and O–H groups in total. The highest BCUT2D eigenvalue weighted by Gasteiger charge is 2.31. The molecule has 1 atom stereocenters. The summed E-state index contributed by atoms with van der Waals surface area (Å²) >= 11 is 0. The van der Waals surface area contributed by atoms with E-state index in [1.165, 1.54) is 12.5 Å². The Balaban J connectivity index is 1.48. The van der Waals surface area contributed by atoms with Crippen LogP contribution < -0.4 is 9.64 Å². The number of fused-ring (bicyclic) bond motifs is 1. The number of anilines is 1. The Hall–Kier alpha value is -3.55. The second-order valence-electron chi connectivity index (χ2n) is 9.36. The Morgan fingerprint density at radius 2 is 1.81 bits per heavy atom. The van der Waals surface area contributed by atoms with E-state index in [-0.39, 0.29) is 30.0 Å². The van der Waals surface area contributed by atoms with Gasteiger partial charge in [0, 0.05) is 32.1 Å². The minimum Gasteiger partial charge on any atom is -0.435 e. The van der Waals surface area contributed by atoms with Crippen LogP contribution in [0.2, 0.25) is 0 Å². The maximum Gasteiger partial charge on any atom is 0.230 e. The second kappa shape index (κ2) is 10.6. The number of carbonyl (C=O) groups is 1. The van der Waals surface area contributed by atoms with Gasteiger partial charge in [0.1, 0.15) is 5.82 Å². The lowest BCUT2D eigenvalue weighted by Crippen LogP contribution is -2.40. The minimum atomic E-state index is -0.805. The molecular weight excluding hydrogens is 462 g/mol. The van der Waals surface area contributed by atoms with Crippen LogP contribution in [0.15, 0.2) is 48.5 Å². The SMILES string of the molecule is CC[C@@H](C(=O)N1CCc2nc(N3CCCCC3)nc(Oc3ccc(F)cc3F)c2C1)c1ccccc1. The van der Waals surface area contributed by atoms with Crippen molar-refractivity contribution in [1.29, 1.82) is 0 Å². The number of rotatable bonds is 6. The van der Waals surface area contributed by atoms with Crippen molar-refractivity contribution < 1.29 is 18.3 Å². The standard InChI is InChI=1S/C28H30F2N4O2/c1-2-21(19-9-5-3-6-10-19)27(35)34-16-13-24-22(18-34)26(36-25-12-11-20(29)17-23(25)30)32-28(31-24)33-14-7-4-8-15-33/h3,5-6,9-12,17,21H,2,4,7-8,13-16,18H2,1H3/t21-/m1/s1. The maximum absolute atomic E-state index is 14.5. The number of benzene rings is 2. The first kappa shape index (κ1) is 24.2. The van der Waals surface area contributed by atoms with Crippen molar-refractivity contribution >= 4 is 11.9 Å². The van der Waals surface area contributed by atoms with Gasteiger partial charge in [0.25, 0.3) is 0 Å². The van der Waals surface area contributed by atoms with Gasteiger partial charge in [0.15, 0.2) is 11.6 Å². The third kappa shape index (κ3) is 5.03. The summed E-state index contributed by atoms with van der Waals surface area (Å²) in [4.78, 5) is 27.0. The molecule has 1 aromatic heterocycles. The Bertz CT molecular complexity index is 1230. The molecule has 36 heavy (non-hydrogen) atoms. The molecule has 2 aliphatic heterocycles. The monoisotopic (exact) mass is 492 g/mol. The molecular formula is C28H30F2N4O2. The number of piperidine rings is 1. The van der Waals surface area contributed by atoms with E-state index in [9.17, 15) is 13.6 Å². The fourth-order valence-electron chi connectivity index (χ4n) is 5.00. The third-order valence-electron chi connectivity index (χ3n) is 6.97. The number of hydrogen-bond donors (Lipinski definition) is 0. The predicted octanol–water partition coefficient (Wildman–Crippen LogP) is 5.62. The predicted molar refractivity (Wildman–Crippen MR) is 133 cm³/mol. The molecule has 8 heteroatoms. The van der Waals surface area contributed by atoms with Crippen LogP contribution in [-0.4, -0.2) is 40.4 Å². The quantitative estimate of drug-likeness (QED) is 0.447. The molecule has 2 aromatic carbocycles. The van der Waals surface area contributed by atoms with E-state index < -0.39 is 11.6 Å². The molecule has 3 aromatic rings. The first-order chi connectivity index (χ1) is 17.5. The van der Waals surface area contributed by atoms with Crippen molar-refractivity contribution in [1.82, 2.24) is 14.9 Å². The number of ether oxygens (including phenoxy) is 1.